The SMILES string of the molecule is CCOC(=O)c1cc(CC)sc1NC(=O)CSc1nnc(COc2ccc(F)cc2)n1CC. The molecule has 3 rings (SSSR count). The number of ether oxygens (including phenoxy) is 2. The fourth-order valence-corrected chi connectivity index (χ4v) is 4.71. The molecule has 0 spiro atoms. The average molecular weight is 493 g/mol. The van der Waals surface area contributed by atoms with Crippen LogP contribution in [0.1, 0.15) is 41.8 Å². The van der Waals surface area contributed by atoms with Gasteiger partial charge >= 0.3 is 5.97 Å². The van der Waals surface area contributed by atoms with Gasteiger partial charge in [-0.15, -0.1) is 21.5 Å². The summed E-state index contributed by atoms with van der Waals surface area (Å²) in [7, 11) is 0. The van der Waals surface area contributed by atoms with E-state index in [2.05, 4.69) is 15.5 Å². The van der Waals surface area contributed by atoms with Crippen LogP contribution in [0.25, 0.3) is 0 Å². The molecule has 0 atom stereocenters. The number of hydrogen-bond acceptors (Lipinski definition) is 8. The van der Waals surface area contributed by atoms with Crippen LogP contribution in [0.4, 0.5) is 9.39 Å². The van der Waals surface area contributed by atoms with E-state index in [1.165, 1.54) is 35.2 Å². The summed E-state index contributed by atoms with van der Waals surface area (Å²) in [5.74, 6) is 0.172. The third-order valence-electron chi connectivity index (χ3n) is 4.50. The molecular formula is C22H25FN4O4S2. The Hall–Kier alpha value is -2.92. The zero-order chi connectivity index (χ0) is 23.8. The van der Waals surface area contributed by atoms with Gasteiger partial charge in [-0.2, -0.15) is 0 Å². The first-order chi connectivity index (χ1) is 15.9. The van der Waals surface area contributed by atoms with E-state index in [1.807, 2.05) is 18.4 Å². The minimum atomic E-state index is -0.451. The van der Waals surface area contributed by atoms with Crippen molar-refractivity contribution in [2.24, 2.45) is 0 Å². The van der Waals surface area contributed by atoms with E-state index in [9.17, 15) is 14.0 Å². The van der Waals surface area contributed by atoms with Crippen LogP contribution >= 0.6 is 23.1 Å². The summed E-state index contributed by atoms with van der Waals surface area (Å²) in [6.07, 6.45) is 0.754. The number of carbonyl (C=O) groups is 2. The van der Waals surface area contributed by atoms with Gasteiger partial charge in [0.05, 0.1) is 17.9 Å². The van der Waals surface area contributed by atoms with E-state index in [-0.39, 0.29) is 30.7 Å². The highest BCUT2D eigenvalue weighted by Gasteiger charge is 2.20. The van der Waals surface area contributed by atoms with Gasteiger partial charge in [0.2, 0.25) is 5.91 Å². The predicted octanol–water partition coefficient (Wildman–Crippen LogP) is 4.55. The minimum absolute atomic E-state index is 0.0958. The molecule has 0 aliphatic carbocycles. The second kappa shape index (κ2) is 11.8. The van der Waals surface area contributed by atoms with E-state index in [0.29, 0.717) is 33.8 Å². The Bertz CT molecular complexity index is 1100. The van der Waals surface area contributed by atoms with Gasteiger partial charge in [-0.05, 0) is 50.6 Å². The molecule has 0 radical (unpaired) electrons. The number of amides is 1. The van der Waals surface area contributed by atoms with Crippen molar-refractivity contribution in [3.8, 4) is 5.75 Å². The molecule has 2 heterocycles. The molecule has 11 heteroatoms. The Labute approximate surface area is 199 Å². The van der Waals surface area contributed by atoms with E-state index in [0.717, 1.165) is 11.3 Å². The maximum Gasteiger partial charge on any atom is 0.341 e. The number of nitrogens with zero attached hydrogens (tertiary/aromatic N) is 3. The first-order valence-corrected chi connectivity index (χ1v) is 12.3. The molecule has 0 saturated carbocycles. The maximum atomic E-state index is 13.0. The second-order valence-corrected chi connectivity index (χ2v) is 8.83. The number of aryl methyl sites for hydroxylation is 1. The number of carbonyl (C=O) groups excluding carboxylic acids is 2. The van der Waals surface area contributed by atoms with Crippen LogP contribution in [0.3, 0.4) is 0 Å². The smallest absolute Gasteiger partial charge is 0.341 e. The van der Waals surface area contributed by atoms with Crippen molar-refractivity contribution < 1.29 is 23.5 Å². The van der Waals surface area contributed by atoms with Crippen molar-refractivity contribution in [3.05, 3.63) is 52.4 Å². The van der Waals surface area contributed by atoms with Gasteiger partial charge in [-0.3, -0.25) is 4.79 Å². The number of anilines is 1. The molecule has 0 aliphatic heterocycles. The topological polar surface area (TPSA) is 95.3 Å². The van der Waals surface area contributed by atoms with Crippen molar-refractivity contribution in [1.29, 1.82) is 0 Å². The molecule has 8 nitrogen and oxygen atoms in total. The highest BCUT2D eigenvalue weighted by Crippen LogP contribution is 2.30. The van der Waals surface area contributed by atoms with Crippen molar-refractivity contribution >= 4 is 40.0 Å². The number of esters is 1. The lowest BCUT2D eigenvalue weighted by atomic mass is 10.2. The monoisotopic (exact) mass is 492 g/mol. The van der Waals surface area contributed by atoms with Crippen molar-refractivity contribution in [3.63, 3.8) is 0 Å². The quantitative estimate of drug-likeness (QED) is 0.310. The zero-order valence-corrected chi connectivity index (χ0v) is 20.2. The fourth-order valence-electron chi connectivity index (χ4n) is 2.89. The molecule has 33 heavy (non-hydrogen) atoms. The van der Waals surface area contributed by atoms with Crippen LogP contribution < -0.4 is 10.1 Å². The number of thiophene rings is 1. The van der Waals surface area contributed by atoms with Gasteiger partial charge in [0, 0.05) is 11.4 Å². The van der Waals surface area contributed by atoms with Crippen LogP contribution in [-0.4, -0.2) is 39.0 Å². The summed E-state index contributed by atoms with van der Waals surface area (Å²) < 4.78 is 25.6. The molecule has 0 saturated heterocycles. The molecule has 0 aliphatic rings. The largest absolute Gasteiger partial charge is 0.486 e. The number of nitrogens with one attached hydrogen (secondary N) is 1. The first kappa shape index (κ1) is 24.7. The van der Waals surface area contributed by atoms with Gasteiger partial charge in [-0.1, -0.05) is 18.7 Å². The molecule has 0 unspecified atom stereocenters. The summed E-state index contributed by atoms with van der Waals surface area (Å²) in [5.41, 5.74) is 0.369. The molecule has 2 aromatic heterocycles. The van der Waals surface area contributed by atoms with Crippen molar-refractivity contribution in [1.82, 2.24) is 14.8 Å². The van der Waals surface area contributed by atoms with Crippen LogP contribution in [0.5, 0.6) is 5.75 Å². The molecular weight excluding hydrogens is 467 g/mol. The third-order valence-corrected chi connectivity index (χ3v) is 6.67. The Balaban J connectivity index is 1.61. The van der Waals surface area contributed by atoms with Gasteiger partial charge in [0.25, 0.3) is 0 Å². The van der Waals surface area contributed by atoms with Crippen molar-refractivity contribution in [2.45, 2.75) is 45.5 Å². The van der Waals surface area contributed by atoms with Crippen LogP contribution in [0.2, 0.25) is 0 Å². The van der Waals surface area contributed by atoms with Crippen LogP contribution in [0, 0.1) is 5.82 Å². The van der Waals surface area contributed by atoms with E-state index >= 15 is 0 Å². The maximum absolute atomic E-state index is 13.0. The molecule has 176 valence electrons. The van der Waals surface area contributed by atoms with E-state index in [1.54, 1.807) is 25.1 Å². The molecule has 1 amide bonds. The van der Waals surface area contributed by atoms with Gasteiger partial charge < -0.3 is 19.4 Å². The molecule has 1 N–H and O–H groups in total. The Morgan fingerprint density at radius 3 is 2.61 bits per heavy atom. The third kappa shape index (κ3) is 6.55. The summed E-state index contributed by atoms with van der Waals surface area (Å²) >= 11 is 2.61. The predicted molar refractivity (Wildman–Crippen MR) is 125 cm³/mol. The van der Waals surface area contributed by atoms with Gasteiger partial charge in [0.1, 0.15) is 23.2 Å². The summed E-state index contributed by atoms with van der Waals surface area (Å²) in [4.78, 5) is 25.8. The lowest BCUT2D eigenvalue weighted by molar-refractivity contribution is -0.113. The van der Waals surface area contributed by atoms with Gasteiger partial charge in [-0.25, -0.2) is 9.18 Å². The Morgan fingerprint density at radius 1 is 1.18 bits per heavy atom. The van der Waals surface area contributed by atoms with Crippen LogP contribution in [-0.2, 0) is 29.1 Å². The summed E-state index contributed by atoms with van der Waals surface area (Å²) in [6.45, 7) is 6.69. The van der Waals surface area contributed by atoms with E-state index in [4.69, 9.17) is 9.47 Å². The number of rotatable bonds is 11. The molecule has 3 aromatic rings. The summed E-state index contributed by atoms with van der Waals surface area (Å²) in [5, 5.41) is 12.2. The fraction of sp³-hybridized carbons (Fsp3) is 0.364. The van der Waals surface area contributed by atoms with Gasteiger partial charge in [0.15, 0.2) is 11.0 Å². The minimum Gasteiger partial charge on any atom is -0.486 e. The number of aromatic nitrogens is 3. The normalized spacial score (nSPS) is 10.8. The highest BCUT2D eigenvalue weighted by molar-refractivity contribution is 7.99. The lowest BCUT2D eigenvalue weighted by Gasteiger charge is -2.09. The molecule has 0 bridgehead atoms. The summed E-state index contributed by atoms with van der Waals surface area (Å²) in [6, 6.07) is 7.49. The standard InChI is InChI=1S/C22H25FN4O4S2/c1-4-16-11-17(21(29)30-6-3)20(33-16)24-19(28)13-32-22-26-25-18(27(22)5-2)12-31-15-9-7-14(23)8-10-15/h7-11H,4-6,12-13H2,1-3H3,(H,24,28). The Morgan fingerprint density at radius 2 is 1.94 bits per heavy atom. The zero-order valence-electron chi connectivity index (χ0n) is 18.6. The second-order valence-electron chi connectivity index (χ2n) is 6.75. The number of hydrogen-bond donors (Lipinski definition) is 1. The van der Waals surface area contributed by atoms with E-state index < -0.39 is 5.97 Å². The van der Waals surface area contributed by atoms with Crippen molar-refractivity contribution in [2.75, 3.05) is 17.7 Å². The Kier molecular flexibility index (Phi) is 8.84. The number of thioether (sulfide) groups is 1. The van der Waals surface area contributed by atoms with Crippen LogP contribution in [0.15, 0.2) is 35.5 Å². The molecule has 1 aromatic carbocycles. The highest BCUT2D eigenvalue weighted by atomic mass is 32.2. The first-order valence-electron chi connectivity index (χ1n) is 10.5. The molecule has 0 fully saturated rings. The number of halogens is 1. The average Bonchev–Trinajstić information content (AvgIpc) is 3.40. The number of benzene rings is 1. The lowest BCUT2D eigenvalue weighted by Crippen LogP contribution is -2.16.